The van der Waals surface area contributed by atoms with Crippen molar-refractivity contribution in [2.45, 2.75) is 32.6 Å². The highest BCUT2D eigenvalue weighted by Gasteiger charge is 2.30. The van der Waals surface area contributed by atoms with Gasteiger partial charge in [0.1, 0.15) is 0 Å². The molecule has 1 amide bonds. The summed E-state index contributed by atoms with van der Waals surface area (Å²) in [6.45, 7) is 4.00. The Morgan fingerprint density at radius 2 is 2.04 bits per heavy atom. The maximum Gasteiger partial charge on any atom is 0.248 e. The van der Waals surface area contributed by atoms with Crippen LogP contribution in [0.1, 0.15) is 40.7 Å². The van der Waals surface area contributed by atoms with Crippen LogP contribution in [-0.2, 0) is 4.79 Å². The van der Waals surface area contributed by atoms with Crippen molar-refractivity contribution in [1.29, 1.82) is 0 Å². The van der Waals surface area contributed by atoms with E-state index in [9.17, 15) is 4.79 Å². The van der Waals surface area contributed by atoms with Gasteiger partial charge >= 0.3 is 0 Å². The molecule has 2 aromatic heterocycles. The number of carbonyl (C=O) groups is 1. The van der Waals surface area contributed by atoms with Crippen LogP contribution in [0.3, 0.4) is 0 Å². The van der Waals surface area contributed by atoms with Crippen LogP contribution in [-0.4, -0.2) is 16.0 Å². The maximum atomic E-state index is 12.2. The van der Waals surface area contributed by atoms with Gasteiger partial charge in [0.2, 0.25) is 17.6 Å². The Hall–Kier alpha value is -2.73. The standard InChI is InChI=1S/C20H19N3O2S/c1-12-3-5-14(6-4-12)7-10-18(24)21-16-11-17(26-13(16)2)19-22-20(25-23-19)15-8-9-15/h3-7,10-11,15H,8-9H2,1-2H3,(H,21,24). The van der Waals surface area contributed by atoms with Gasteiger partial charge in [0.15, 0.2) is 0 Å². The van der Waals surface area contributed by atoms with E-state index in [2.05, 4.69) is 15.5 Å². The minimum atomic E-state index is -0.162. The number of benzene rings is 1. The van der Waals surface area contributed by atoms with Crippen LogP contribution in [0.4, 0.5) is 5.69 Å². The molecule has 0 aliphatic heterocycles. The van der Waals surface area contributed by atoms with Crippen molar-refractivity contribution in [2.24, 2.45) is 0 Å². The van der Waals surface area contributed by atoms with E-state index in [1.807, 2.05) is 44.2 Å². The van der Waals surface area contributed by atoms with E-state index in [0.29, 0.717) is 11.7 Å². The number of aryl methyl sites for hydroxylation is 2. The number of hydrogen-bond acceptors (Lipinski definition) is 5. The maximum absolute atomic E-state index is 12.2. The van der Waals surface area contributed by atoms with Gasteiger partial charge in [-0.3, -0.25) is 4.79 Å². The summed E-state index contributed by atoms with van der Waals surface area (Å²) in [5, 5.41) is 6.98. The minimum absolute atomic E-state index is 0.162. The van der Waals surface area contributed by atoms with Crippen molar-refractivity contribution >= 4 is 29.0 Å². The predicted molar refractivity (Wildman–Crippen MR) is 103 cm³/mol. The molecule has 6 heteroatoms. The van der Waals surface area contributed by atoms with Crippen LogP contribution in [0, 0.1) is 13.8 Å². The molecule has 1 saturated carbocycles. The second-order valence-electron chi connectivity index (χ2n) is 6.54. The first kappa shape index (κ1) is 16.7. The Morgan fingerprint density at radius 3 is 2.77 bits per heavy atom. The minimum Gasteiger partial charge on any atom is -0.339 e. The van der Waals surface area contributed by atoms with E-state index in [1.54, 1.807) is 23.5 Å². The summed E-state index contributed by atoms with van der Waals surface area (Å²) in [4.78, 5) is 18.6. The molecule has 1 aromatic carbocycles. The van der Waals surface area contributed by atoms with Crippen LogP contribution in [0.25, 0.3) is 16.8 Å². The molecule has 0 unspecified atom stereocenters. The van der Waals surface area contributed by atoms with Gasteiger partial charge in [-0.1, -0.05) is 35.0 Å². The van der Waals surface area contributed by atoms with E-state index >= 15 is 0 Å². The van der Waals surface area contributed by atoms with Gasteiger partial charge in [0.05, 0.1) is 10.6 Å². The summed E-state index contributed by atoms with van der Waals surface area (Å²) in [6.07, 6.45) is 5.60. The van der Waals surface area contributed by atoms with Crippen LogP contribution in [0.15, 0.2) is 40.9 Å². The number of nitrogens with zero attached hydrogens (tertiary/aromatic N) is 2. The molecule has 1 N–H and O–H groups in total. The second-order valence-corrected chi connectivity index (χ2v) is 7.80. The van der Waals surface area contributed by atoms with Gasteiger partial charge in [-0.05, 0) is 44.4 Å². The first-order chi connectivity index (χ1) is 12.6. The third-order valence-electron chi connectivity index (χ3n) is 4.27. The van der Waals surface area contributed by atoms with Crippen molar-refractivity contribution in [2.75, 3.05) is 5.32 Å². The smallest absolute Gasteiger partial charge is 0.248 e. The molecular formula is C20H19N3O2S. The number of hydrogen-bond donors (Lipinski definition) is 1. The summed E-state index contributed by atoms with van der Waals surface area (Å²) in [5.41, 5.74) is 2.97. The highest BCUT2D eigenvalue weighted by atomic mass is 32.1. The molecule has 0 radical (unpaired) electrons. The Labute approximate surface area is 155 Å². The lowest BCUT2D eigenvalue weighted by molar-refractivity contribution is -0.111. The molecule has 3 aromatic rings. The lowest BCUT2D eigenvalue weighted by Gasteiger charge is -2.00. The Morgan fingerprint density at radius 1 is 1.27 bits per heavy atom. The quantitative estimate of drug-likeness (QED) is 0.650. The molecule has 0 bridgehead atoms. The number of thiophene rings is 1. The first-order valence-corrected chi connectivity index (χ1v) is 9.40. The first-order valence-electron chi connectivity index (χ1n) is 8.58. The summed E-state index contributed by atoms with van der Waals surface area (Å²) in [5.74, 6) is 1.58. The van der Waals surface area contributed by atoms with Crippen LogP contribution >= 0.6 is 11.3 Å². The summed E-state index contributed by atoms with van der Waals surface area (Å²) < 4.78 is 5.32. The fourth-order valence-corrected chi connectivity index (χ4v) is 3.47. The lowest BCUT2D eigenvalue weighted by atomic mass is 10.1. The predicted octanol–water partition coefficient (Wildman–Crippen LogP) is 4.94. The van der Waals surface area contributed by atoms with Gasteiger partial charge in [0, 0.05) is 16.9 Å². The third-order valence-corrected chi connectivity index (χ3v) is 5.32. The van der Waals surface area contributed by atoms with E-state index in [4.69, 9.17) is 4.52 Å². The number of aromatic nitrogens is 2. The lowest BCUT2D eigenvalue weighted by Crippen LogP contribution is -2.07. The number of rotatable bonds is 5. The van der Waals surface area contributed by atoms with Gasteiger partial charge in [-0.25, -0.2) is 0 Å². The second kappa shape index (κ2) is 6.88. The van der Waals surface area contributed by atoms with E-state index in [0.717, 1.165) is 39.7 Å². The van der Waals surface area contributed by atoms with Gasteiger partial charge < -0.3 is 9.84 Å². The fraction of sp³-hybridized carbons (Fsp3) is 0.250. The van der Waals surface area contributed by atoms with E-state index < -0.39 is 0 Å². The molecule has 26 heavy (non-hydrogen) atoms. The SMILES string of the molecule is Cc1ccc(C=CC(=O)Nc2cc(-c3noc(C4CC4)n3)sc2C)cc1. The monoisotopic (exact) mass is 365 g/mol. The average Bonchev–Trinajstić information content (AvgIpc) is 3.25. The van der Waals surface area contributed by atoms with Crippen LogP contribution < -0.4 is 5.32 Å². The van der Waals surface area contributed by atoms with Crippen molar-refractivity contribution in [3.63, 3.8) is 0 Å². The zero-order chi connectivity index (χ0) is 18.1. The molecule has 1 aliphatic carbocycles. The number of amides is 1. The Bertz CT molecular complexity index is 965. The van der Waals surface area contributed by atoms with Crippen LogP contribution in [0.2, 0.25) is 0 Å². The third kappa shape index (κ3) is 3.75. The highest BCUT2D eigenvalue weighted by Crippen LogP contribution is 2.40. The summed E-state index contributed by atoms with van der Waals surface area (Å²) >= 11 is 1.55. The zero-order valence-electron chi connectivity index (χ0n) is 14.7. The highest BCUT2D eigenvalue weighted by molar-refractivity contribution is 7.16. The van der Waals surface area contributed by atoms with Crippen LogP contribution in [0.5, 0.6) is 0 Å². The normalized spacial score (nSPS) is 14.1. The molecule has 0 saturated heterocycles. The molecule has 2 heterocycles. The molecule has 132 valence electrons. The molecule has 0 atom stereocenters. The fourth-order valence-electron chi connectivity index (χ4n) is 2.57. The van der Waals surface area contributed by atoms with E-state index in [1.165, 1.54) is 5.56 Å². The van der Waals surface area contributed by atoms with Crippen molar-refractivity contribution in [1.82, 2.24) is 10.1 Å². The van der Waals surface area contributed by atoms with Crippen molar-refractivity contribution in [3.8, 4) is 10.7 Å². The number of nitrogens with one attached hydrogen (secondary N) is 1. The average molecular weight is 365 g/mol. The molecule has 5 nitrogen and oxygen atoms in total. The van der Waals surface area contributed by atoms with Crippen molar-refractivity contribution in [3.05, 3.63) is 58.3 Å². The zero-order valence-corrected chi connectivity index (χ0v) is 15.5. The molecule has 1 fully saturated rings. The Balaban J connectivity index is 1.44. The van der Waals surface area contributed by atoms with Crippen molar-refractivity contribution < 1.29 is 9.32 Å². The number of anilines is 1. The Kier molecular flexibility index (Phi) is 4.42. The largest absolute Gasteiger partial charge is 0.339 e. The van der Waals surface area contributed by atoms with E-state index in [-0.39, 0.29) is 5.91 Å². The van der Waals surface area contributed by atoms with Gasteiger partial charge in [0.25, 0.3) is 0 Å². The molecule has 4 rings (SSSR count). The molecule has 0 spiro atoms. The van der Waals surface area contributed by atoms with Gasteiger partial charge in [-0.2, -0.15) is 4.98 Å². The topological polar surface area (TPSA) is 68.0 Å². The summed E-state index contributed by atoms with van der Waals surface area (Å²) in [6, 6.07) is 9.92. The molecule has 1 aliphatic rings. The summed E-state index contributed by atoms with van der Waals surface area (Å²) in [7, 11) is 0. The molecular weight excluding hydrogens is 346 g/mol. The van der Waals surface area contributed by atoms with Gasteiger partial charge in [-0.15, -0.1) is 11.3 Å². The number of carbonyl (C=O) groups excluding carboxylic acids is 1.